The average Bonchev–Trinajstić information content (AvgIpc) is 2.09. The Morgan fingerprint density at radius 1 is 1.50 bits per heavy atom. The van der Waals surface area contributed by atoms with Crippen LogP contribution in [0.25, 0.3) is 0 Å². The Balaban J connectivity index is 2.68. The zero-order valence-corrected chi connectivity index (χ0v) is 8.18. The number of ether oxygens (including phenoxy) is 1. The third kappa shape index (κ3) is 2.21. The summed E-state index contributed by atoms with van der Waals surface area (Å²) >= 11 is 0. The molecule has 5 N–H and O–H groups in total. The first-order chi connectivity index (χ1) is 6.43. The summed E-state index contributed by atoms with van der Waals surface area (Å²) in [6, 6.07) is -1.48. The normalized spacial score (nSPS) is 43.4. The van der Waals surface area contributed by atoms with Gasteiger partial charge >= 0.3 is 0 Å². The smallest absolute Gasteiger partial charge is 0.217 e. The quantitative estimate of drug-likeness (QED) is 0.392. The van der Waals surface area contributed by atoms with Crippen molar-refractivity contribution in [2.75, 3.05) is 0 Å². The van der Waals surface area contributed by atoms with E-state index in [0.717, 1.165) is 0 Å². The van der Waals surface area contributed by atoms with Crippen LogP contribution in [0.3, 0.4) is 0 Å². The molecule has 82 valence electrons. The van der Waals surface area contributed by atoms with E-state index in [2.05, 4.69) is 5.32 Å². The standard InChI is InChI=1S/C8H16N2O4/c1-3-6(10-4(2)11)7(12)5(9)8(13)14-3/h3,5-8,12-13H,9H2,1-2H3,(H,10,11)/t3-,5-,6-,7-,8+/m1/s1. The van der Waals surface area contributed by atoms with Crippen LogP contribution in [0.5, 0.6) is 0 Å². The van der Waals surface area contributed by atoms with E-state index in [-0.39, 0.29) is 5.91 Å². The lowest BCUT2D eigenvalue weighted by molar-refractivity contribution is -0.207. The predicted octanol–water partition coefficient (Wildman–Crippen LogP) is -2.08. The first kappa shape index (κ1) is 11.4. The summed E-state index contributed by atoms with van der Waals surface area (Å²) in [4.78, 5) is 10.8. The Morgan fingerprint density at radius 2 is 2.07 bits per heavy atom. The number of amides is 1. The second kappa shape index (κ2) is 4.22. The number of aliphatic hydroxyl groups excluding tert-OH is 2. The lowest BCUT2D eigenvalue weighted by atomic mass is 9.96. The van der Waals surface area contributed by atoms with Gasteiger partial charge in [0.2, 0.25) is 5.91 Å². The van der Waals surface area contributed by atoms with Gasteiger partial charge < -0.3 is 26.0 Å². The van der Waals surface area contributed by atoms with E-state index in [9.17, 15) is 15.0 Å². The summed E-state index contributed by atoms with van der Waals surface area (Å²) in [6.45, 7) is 2.99. The van der Waals surface area contributed by atoms with Gasteiger partial charge in [-0.1, -0.05) is 0 Å². The van der Waals surface area contributed by atoms with Crippen LogP contribution < -0.4 is 11.1 Å². The van der Waals surface area contributed by atoms with Gasteiger partial charge in [-0.15, -0.1) is 0 Å². The van der Waals surface area contributed by atoms with Gasteiger partial charge in [0.1, 0.15) is 0 Å². The Morgan fingerprint density at radius 3 is 2.57 bits per heavy atom. The molecule has 0 unspecified atom stereocenters. The lowest BCUT2D eigenvalue weighted by Crippen LogP contribution is -2.65. The van der Waals surface area contributed by atoms with E-state index in [1.807, 2.05) is 0 Å². The molecule has 0 spiro atoms. The third-order valence-corrected chi connectivity index (χ3v) is 2.32. The molecule has 1 fully saturated rings. The maximum Gasteiger partial charge on any atom is 0.217 e. The van der Waals surface area contributed by atoms with Crippen molar-refractivity contribution in [2.24, 2.45) is 5.73 Å². The number of nitrogens with two attached hydrogens (primary N) is 1. The fourth-order valence-corrected chi connectivity index (χ4v) is 1.52. The van der Waals surface area contributed by atoms with Crippen LogP contribution in [-0.2, 0) is 9.53 Å². The fraction of sp³-hybridized carbons (Fsp3) is 0.875. The minimum atomic E-state index is -1.19. The molecule has 0 aromatic heterocycles. The van der Waals surface area contributed by atoms with Crippen molar-refractivity contribution < 1.29 is 19.7 Å². The highest BCUT2D eigenvalue weighted by atomic mass is 16.6. The number of nitrogens with one attached hydrogen (secondary N) is 1. The number of hydrogen-bond acceptors (Lipinski definition) is 5. The molecule has 5 atom stereocenters. The summed E-state index contributed by atoms with van der Waals surface area (Å²) in [5, 5.41) is 21.4. The summed E-state index contributed by atoms with van der Waals surface area (Å²) < 4.78 is 5.04. The SMILES string of the molecule is CC(=O)N[C@H]1[C@H](O)[C@@H](N)[C@@H](O)O[C@@H]1C. The molecule has 1 heterocycles. The Hall–Kier alpha value is -0.690. The first-order valence-corrected chi connectivity index (χ1v) is 4.47. The first-order valence-electron chi connectivity index (χ1n) is 4.47. The molecule has 1 saturated heterocycles. The topological polar surface area (TPSA) is 105 Å². The highest BCUT2D eigenvalue weighted by Crippen LogP contribution is 2.17. The van der Waals surface area contributed by atoms with Crippen molar-refractivity contribution >= 4 is 5.91 Å². The maximum absolute atomic E-state index is 10.8. The zero-order chi connectivity index (χ0) is 10.9. The Bertz CT molecular complexity index is 223. The van der Waals surface area contributed by atoms with E-state index >= 15 is 0 Å². The second-order valence-electron chi connectivity index (χ2n) is 3.53. The zero-order valence-electron chi connectivity index (χ0n) is 8.18. The summed E-state index contributed by atoms with van der Waals surface area (Å²) in [6.07, 6.45) is -2.66. The second-order valence-corrected chi connectivity index (χ2v) is 3.53. The summed E-state index contributed by atoms with van der Waals surface area (Å²) in [5.41, 5.74) is 5.47. The van der Waals surface area contributed by atoms with Crippen molar-refractivity contribution in [3.8, 4) is 0 Å². The fourth-order valence-electron chi connectivity index (χ4n) is 1.52. The van der Waals surface area contributed by atoms with Crippen LogP contribution in [0.2, 0.25) is 0 Å². The highest BCUT2D eigenvalue weighted by molar-refractivity contribution is 5.73. The molecule has 6 heteroatoms. The van der Waals surface area contributed by atoms with Crippen molar-refractivity contribution in [1.82, 2.24) is 5.32 Å². The minimum Gasteiger partial charge on any atom is -0.389 e. The van der Waals surface area contributed by atoms with E-state index in [1.165, 1.54) is 6.92 Å². The maximum atomic E-state index is 10.8. The lowest BCUT2D eigenvalue weighted by Gasteiger charge is -2.40. The van der Waals surface area contributed by atoms with E-state index in [1.54, 1.807) is 6.92 Å². The van der Waals surface area contributed by atoms with E-state index in [4.69, 9.17) is 10.5 Å². The molecule has 0 aromatic rings. The molecule has 0 saturated carbocycles. The molecule has 1 rings (SSSR count). The molecule has 1 aliphatic heterocycles. The van der Waals surface area contributed by atoms with Crippen molar-refractivity contribution in [3.05, 3.63) is 0 Å². The Labute approximate surface area is 82.0 Å². The van der Waals surface area contributed by atoms with E-state index < -0.39 is 30.6 Å². The van der Waals surface area contributed by atoms with Crippen LogP contribution in [0, 0.1) is 0 Å². The van der Waals surface area contributed by atoms with Crippen LogP contribution in [-0.4, -0.2) is 46.7 Å². The average molecular weight is 204 g/mol. The molecular weight excluding hydrogens is 188 g/mol. The monoisotopic (exact) mass is 204 g/mol. The van der Waals surface area contributed by atoms with Crippen LogP contribution in [0.4, 0.5) is 0 Å². The Kier molecular flexibility index (Phi) is 3.43. The van der Waals surface area contributed by atoms with Crippen molar-refractivity contribution in [1.29, 1.82) is 0 Å². The van der Waals surface area contributed by atoms with Gasteiger partial charge in [-0.2, -0.15) is 0 Å². The van der Waals surface area contributed by atoms with Crippen molar-refractivity contribution in [2.45, 2.75) is 44.4 Å². The van der Waals surface area contributed by atoms with Crippen molar-refractivity contribution in [3.63, 3.8) is 0 Å². The van der Waals surface area contributed by atoms with Gasteiger partial charge in [-0.05, 0) is 6.92 Å². The molecule has 6 nitrogen and oxygen atoms in total. The van der Waals surface area contributed by atoms with Gasteiger partial charge in [-0.25, -0.2) is 0 Å². The molecule has 1 amide bonds. The predicted molar refractivity (Wildman–Crippen MR) is 48.1 cm³/mol. The van der Waals surface area contributed by atoms with Gasteiger partial charge in [0.05, 0.1) is 24.3 Å². The molecule has 1 aliphatic rings. The molecule has 0 bridgehead atoms. The number of rotatable bonds is 1. The van der Waals surface area contributed by atoms with Crippen LogP contribution in [0.15, 0.2) is 0 Å². The number of aliphatic hydroxyl groups is 2. The summed E-state index contributed by atoms with van der Waals surface area (Å²) in [7, 11) is 0. The molecule has 0 aliphatic carbocycles. The number of carbonyl (C=O) groups is 1. The number of carbonyl (C=O) groups excluding carboxylic acids is 1. The van der Waals surface area contributed by atoms with Gasteiger partial charge in [0.25, 0.3) is 0 Å². The molecule has 0 aromatic carbocycles. The highest BCUT2D eigenvalue weighted by Gasteiger charge is 2.41. The van der Waals surface area contributed by atoms with Gasteiger partial charge in [-0.3, -0.25) is 4.79 Å². The molecule has 14 heavy (non-hydrogen) atoms. The largest absolute Gasteiger partial charge is 0.389 e. The number of hydrogen-bond donors (Lipinski definition) is 4. The third-order valence-electron chi connectivity index (χ3n) is 2.32. The molecular formula is C8H16N2O4. The van der Waals surface area contributed by atoms with Gasteiger partial charge in [0.15, 0.2) is 6.29 Å². The minimum absolute atomic E-state index is 0.270. The molecule has 0 radical (unpaired) electrons. The van der Waals surface area contributed by atoms with Crippen LogP contribution in [0.1, 0.15) is 13.8 Å². The van der Waals surface area contributed by atoms with Gasteiger partial charge in [0, 0.05) is 6.92 Å². The van der Waals surface area contributed by atoms with Crippen LogP contribution >= 0.6 is 0 Å². The van der Waals surface area contributed by atoms with E-state index in [0.29, 0.717) is 0 Å². The summed E-state index contributed by atoms with van der Waals surface area (Å²) in [5.74, 6) is -0.270.